The second-order valence-corrected chi connectivity index (χ2v) is 10.2. The molecule has 1 aliphatic heterocycles. The molecule has 5 rings (SSSR count). The first-order valence-electron chi connectivity index (χ1n) is 13.9. The number of carbonyl (C=O) groups excluding carboxylic acids is 1. The number of hydrogen-bond donors (Lipinski definition) is 2. The second kappa shape index (κ2) is 12.3. The summed E-state index contributed by atoms with van der Waals surface area (Å²) in [7, 11) is 0. The first-order chi connectivity index (χ1) is 20.2. The molecule has 1 fully saturated rings. The third-order valence-electron chi connectivity index (χ3n) is 7.15. The lowest BCUT2D eigenvalue weighted by Crippen LogP contribution is -2.41. The standard InChI is InChI=1S/C29H32F3N7O3/c1-3-6-17(2)41-21-10-8-20(19-9-11-23(29(30,31)32)37-24(19)21)27-38-25(22(15-33)42-27)26(40)36-16-18-7-4-14-39(18)28-34-12-5-13-35-28/h5,8-13,17-18H,3-4,6-7,14-16,33H2,1-2H3,(H,36,40)/t17?,18-/m1/s1. The molecule has 1 aromatic carbocycles. The summed E-state index contributed by atoms with van der Waals surface area (Å²) >= 11 is 0. The molecule has 0 spiro atoms. The number of nitrogens with one attached hydrogen (secondary N) is 1. The molecule has 1 unspecified atom stereocenters. The summed E-state index contributed by atoms with van der Waals surface area (Å²) in [6, 6.07) is 7.14. The van der Waals surface area contributed by atoms with Crippen LogP contribution in [-0.2, 0) is 12.7 Å². The van der Waals surface area contributed by atoms with E-state index in [-0.39, 0.29) is 47.3 Å². The predicted molar refractivity (Wildman–Crippen MR) is 150 cm³/mol. The van der Waals surface area contributed by atoms with E-state index in [9.17, 15) is 18.0 Å². The number of halogens is 3. The Morgan fingerprint density at radius 2 is 2.00 bits per heavy atom. The van der Waals surface area contributed by atoms with Crippen molar-refractivity contribution >= 4 is 22.8 Å². The summed E-state index contributed by atoms with van der Waals surface area (Å²) < 4.78 is 52.5. The van der Waals surface area contributed by atoms with Crippen molar-refractivity contribution in [3.63, 3.8) is 0 Å². The molecule has 4 heterocycles. The lowest BCUT2D eigenvalue weighted by atomic mass is 10.1. The van der Waals surface area contributed by atoms with Crippen LogP contribution < -0.4 is 20.7 Å². The van der Waals surface area contributed by atoms with E-state index in [0.717, 1.165) is 38.3 Å². The smallest absolute Gasteiger partial charge is 0.433 e. The zero-order valence-corrected chi connectivity index (χ0v) is 23.3. The van der Waals surface area contributed by atoms with Crippen molar-refractivity contribution in [3.8, 4) is 17.2 Å². The van der Waals surface area contributed by atoms with Gasteiger partial charge in [0.1, 0.15) is 17.0 Å². The van der Waals surface area contributed by atoms with Crippen LogP contribution in [0, 0.1) is 0 Å². The largest absolute Gasteiger partial charge is 0.488 e. The molecule has 0 aliphatic carbocycles. The SMILES string of the molecule is CCCC(C)Oc1ccc(-c2nc(C(=O)NC[C@H]3CCCN3c3ncccn3)c(CN)o2)c2ccc(C(F)(F)F)nc12. The minimum Gasteiger partial charge on any atom is -0.488 e. The van der Waals surface area contributed by atoms with Gasteiger partial charge in [-0.15, -0.1) is 0 Å². The first kappa shape index (κ1) is 29.2. The molecule has 222 valence electrons. The van der Waals surface area contributed by atoms with Crippen molar-refractivity contribution in [2.24, 2.45) is 5.73 Å². The highest BCUT2D eigenvalue weighted by Crippen LogP contribution is 2.37. The zero-order valence-electron chi connectivity index (χ0n) is 23.3. The zero-order chi connectivity index (χ0) is 29.9. The molecule has 0 bridgehead atoms. The van der Waals surface area contributed by atoms with E-state index in [0.29, 0.717) is 23.4 Å². The molecule has 1 amide bonds. The maximum absolute atomic E-state index is 13.5. The fourth-order valence-electron chi connectivity index (χ4n) is 5.14. The highest BCUT2D eigenvalue weighted by Gasteiger charge is 2.33. The van der Waals surface area contributed by atoms with E-state index in [1.165, 1.54) is 6.07 Å². The quantitative estimate of drug-likeness (QED) is 0.261. The topological polar surface area (TPSA) is 132 Å². The van der Waals surface area contributed by atoms with Gasteiger partial charge in [-0.3, -0.25) is 4.79 Å². The van der Waals surface area contributed by atoms with Crippen molar-refractivity contribution in [1.82, 2.24) is 25.3 Å². The maximum atomic E-state index is 13.5. The van der Waals surface area contributed by atoms with E-state index in [2.05, 4.69) is 30.2 Å². The lowest BCUT2D eigenvalue weighted by molar-refractivity contribution is -0.140. The van der Waals surface area contributed by atoms with Crippen LogP contribution in [-0.4, -0.2) is 51.1 Å². The number of alkyl halides is 3. The van der Waals surface area contributed by atoms with Gasteiger partial charge < -0.3 is 25.1 Å². The van der Waals surface area contributed by atoms with E-state index in [4.69, 9.17) is 14.9 Å². The minimum atomic E-state index is -4.64. The van der Waals surface area contributed by atoms with Gasteiger partial charge >= 0.3 is 6.18 Å². The van der Waals surface area contributed by atoms with E-state index < -0.39 is 17.8 Å². The third kappa shape index (κ3) is 6.15. The number of benzene rings is 1. The summed E-state index contributed by atoms with van der Waals surface area (Å²) in [5, 5.41) is 3.25. The van der Waals surface area contributed by atoms with E-state index in [1.807, 2.05) is 13.8 Å². The Balaban J connectivity index is 1.43. The number of amides is 1. The number of nitrogens with zero attached hydrogens (tertiary/aromatic N) is 5. The van der Waals surface area contributed by atoms with Crippen LogP contribution in [0.4, 0.5) is 19.1 Å². The average molecular weight is 584 g/mol. The number of anilines is 1. The van der Waals surface area contributed by atoms with Crippen LogP contribution in [0.15, 0.2) is 47.1 Å². The second-order valence-electron chi connectivity index (χ2n) is 10.2. The van der Waals surface area contributed by atoms with Crippen molar-refractivity contribution in [3.05, 3.63) is 59.9 Å². The van der Waals surface area contributed by atoms with E-state index in [1.54, 1.807) is 30.6 Å². The molecule has 42 heavy (non-hydrogen) atoms. The van der Waals surface area contributed by atoms with Gasteiger partial charge in [-0.25, -0.2) is 19.9 Å². The van der Waals surface area contributed by atoms with Gasteiger partial charge in [-0.1, -0.05) is 13.3 Å². The van der Waals surface area contributed by atoms with Crippen LogP contribution in [0.5, 0.6) is 5.75 Å². The normalized spacial score (nSPS) is 16.1. The van der Waals surface area contributed by atoms with Crippen molar-refractivity contribution in [2.75, 3.05) is 18.0 Å². The molecule has 13 heteroatoms. The monoisotopic (exact) mass is 583 g/mol. The van der Waals surface area contributed by atoms with Gasteiger partial charge in [0, 0.05) is 42.5 Å². The lowest BCUT2D eigenvalue weighted by Gasteiger charge is -2.24. The Hall–Kier alpha value is -4.26. The highest BCUT2D eigenvalue weighted by atomic mass is 19.4. The predicted octanol–water partition coefficient (Wildman–Crippen LogP) is 5.12. The number of nitrogens with two attached hydrogens (primary N) is 1. The van der Waals surface area contributed by atoms with Crippen LogP contribution in [0.25, 0.3) is 22.4 Å². The molecule has 0 radical (unpaired) electrons. The van der Waals surface area contributed by atoms with Crippen molar-refractivity contribution in [1.29, 1.82) is 0 Å². The van der Waals surface area contributed by atoms with Gasteiger partial charge in [0.2, 0.25) is 11.8 Å². The minimum absolute atomic E-state index is 0.00420. The summed E-state index contributed by atoms with van der Waals surface area (Å²) in [4.78, 5) is 32.2. The summed E-state index contributed by atoms with van der Waals surface area (Å²) in [6.07, 6.45) is 1.84. The number of rotatable bonds is 10. The fraction of sp³-hybridized carbons (Fsp3) is 0.414. The Labute approximate surface area is 240 Å². The average Bonchev–Trinajstić information content (AvgIpc) is 3.63. The van der Waals surface area contributed by atoms with Crippen molar-refractivity contribution < 1.29 is 27.1 Å². The van der Waals surface area contributed by atoms with Gasteiger partial charge in [-0.05, 0) is 56.5 Å². The van der Waals surface area contributed by atoms with Crippen LogP contribution in [0.3, 0.4) is 0 Å². The molecular formula is C29H32F3N7O3. The molecule has 1 aliphatic rings. The number of fused-ring (bicyclic) bond motifs is 1. The van der Waals surface area contributed by atoms with Crippen molar-refractivity contribution in [2.45, 2.75) is 64.4 Å². The summed E-state index contributed by atoms with van der Waals surface area (Å²) in [6.45, 7) is 4.85. The van der Waals surface area contributed by atoms with Gasteiger partial charge in [-0.2, -0.15) is 13.2 Å². The van der Waals surface area contributed by atoms with Gasteiger partial charge in [0.15, 0.2) is 11.5 Å². The highest BCUT2D eigenvalue weighted by molar-refractivity contribution is 5.98. The molecule has 4 aromatic rings. The Bertz CT molecular complexity index is 1550. The Kier molecular flexibility index (Phi) is 8.57. The molecule has 3 aromatic heterocycles. The van der Waals surface area contributed by atoms with Gasteiger partial charge in [0.05, 0.1) is 12.6 Å². The number of oxazole rings is 1. The molecule has 3 N–H and O–H groups in total. The van der Waals surface area contributed by atoms with E-state index >= 15 is 0 Å². The molecule has 10 nitrogen and oxygen atoms in total. The van der Waals surface area contributed by atoms with Gasteiger partial charge in [0.25, 0.3) is 5.91 Å². The molecule has 0 saturated carbocycles. The number of pyridine rings is 1. The maximum Gasteiger partial charge on any atom is 0.433 e. The third-order valence-corrected chi connectivity index (χ3v) is 7.15. The fourth-order valence-corrected chi connectivity index (χ4v) is 5.14. The van der Waals surface area contributed by atoms with Crippen LogP contribution in [0.2, 0.25) is 0 Å². The van der Waals surface area contributed by atoms with Crippen LogP contribution >= 0.6 is 0 Å². The first-order valence-corrected chi connectivity index (χ1v) is 13.9. The Morgan fingerprint density at radius 1 is 1.21 bits per heavy atom. The number of ether oxygens (including phenoxy) is 1. The van der Waals surface area contributed by atoms with Crippen LogP contribution in [0.1, 0.15) is 61.5 Å². The summed E-state index contributed by atoms with van der Waals surface area (Å²) in [5.41, 5.74) is 5.24. The molecular weight excluding hydrogens is 551 g/mol. The Morgan fingerprint density at radius 3 is 2.71 bits per heavy atom. The summed E-state index contributed by atoms with van der Waals surface area (Å²) in [5.74, 6) is 0.545. The molecule has 1 saturated heterocycles. The number of hydrogen-bond acceptors (Lipinski definition) is 9. The number of carbonyl (C=O) groups is 1. The number of aromatic nitrogens is 4. The molecule has 2 atom stereocenters.